The zero-order valence-electron chi connectivity index (χ0n) is 14.2. The predicted octanol–water partition coefficient (Wildman–Crippen LogP) is 4.14. The second kappa shape index (κ2) is 7.09. The number of benzene rings is 2. The Morgan fingerprint density at radius 1 is 1.15 bits per heavy atom. The van der Waals surface area contributed by atoms with Crippen LogP contribution in [0.3, 0.4) is 0 Å². The molecule has 0 aliphatic heterocycles. The number of anilines is 1. The van der Waals surface area contributed by atoms with Crippen LogP contribution in [-0.4, -0.2) is 18.2 Å². The number of halogens is 2. The molecule has 0 bridgehead atoms. The van der Waals surface area contributed by atoms with Crippen LogP contribution in [0.1, 0.15) is 17.0 Å². The maximum Gasteiger partial charge on any atom is 0.264 e. The molecule has 3 aromatic rings. The van der Waals surface area contributed by atoms with Crippen LogP contribution in [-0.2, 0) is 16.6 Å². The van der Waals surface area contributed by atoms with Crippen molar-refractivity contribution in [3.8, 4) is 0 Å². The molecule has 0 aliphatic carbocycles. The van der Waals surface area contributed by atoms with Gasteiger partial charge in [0.2, 0.25) is 0 Å². The molecule has 0 fully saturated rings. The van der Waals surface area contributed by atoms with Crippen molar-refractivity contribution in [1.29, 1.82) is 0 Å². The minimum atomic E-state index is -4.09. The topological polar surface area (TPSA) is 64.0 Å². The third-order valence-electron chi connectivity index (χ3n) is 3.82. The molecular weight excluding hydrogens is 377 g/mol. The Balaban J connectivity index is 1.86. The second-order valence-corrected chi connectivity index (χ2v) is 8.00. The normalized spacial score (nSPS) is 11.5. The third-order valence-corrected chi connectivity index (χ3v) is 5.51. The van der Waals surface area contributed by atoms with E-state index in [2.05, 4.69) is 9.82 Å². The zero-order chi connectivity index (χ0) is 18.9. The second-order valence-electron chi connectivity index (χ2n) is 5.94. The number of nitrogens with zero attached hydrogens (tertiary/aromatic N) is 2. The van der Waals surface area contributed by atoms with Gasteiger partial charge in [0, 0.05) is 11.4 Å². The van der Waals surface area contributed by atoms with E-state index in [0.717, 1.165) is 17.0 Å². The summed E-state index contributed by atoms with van der Waals surface area (Å²) in [7, 11) is -4.09. The lowest BCUT2D eigenvalue weighted by atomic mass is 10.2. The first-order valence-corrected chi connectivity index (χ1v) is 9.69. The lowest BCUT2D eigenvalue weighted by molar-refractivity contribution is 0.570. The van der Waals surface area contributed by atoms with Crippen molar-refractivity contribution in [2.75, 3.05) is 4.72 Å². The highest BCUT2D eigenvalue weighted by atomic mass is 35.5. The maximum atomic E-state index is 14.1. The van der Waals surface area contributed by atoms with E-state index in [1.54, 1.807) is 18.2 Å². The quantitative estimate of drug-likeness (QED) is 0.708. The van der Waals surface area contributed by atoms with E-state index >= 15 is 0 Å². The summed E-state index contributed by atoms with van der Waals surface area (Å²) in [5, 5.41) is 4.15. The molecule has 136 valence electrons. The number of nitrogens with one attached hydrogen (secondary N) is 1. The molecule has 0 atom stereocenters. The van der Waals surface area contributed by atoms with Gasteiger partial charge in [0.25, 0.3) is 10.0 Å². The van der Waals surface area contributed by atoms with E-state index in [4.69, 9.17) is 11.6 Å². The number of aryl methyl sites for hydroxylation is 2. The molecular formula is C18H17ClFN3O2S. The summed E-state index contributed by atoms with van der Waals surface area (Å²) in [6, 6.07) is 12.7. The lowest BCUT2D eigenvalue weighted by Crippen LogP contribution is -2.15. The van der Waals surface area contributed by atoms with Crippen molar-refractivity contribution >= 4 is 27.3 Å². The van der Waals surface area contributed by atoms with Gasteiger partial charge in [0.05, 0.1) is 17.3 Å². The van der Waals surface area contributed by atoms with Gasteiger partial charge in [-0.1, -0.05) is 29.8 Å². The molecule has 1 heterocycles. The van der Waals surface area contributed by atoms with Crippen molar-refractivity contribution < 1.29 is 12.8 Å². The summed E-state index contributed by atoms with van der Waals surface area (Å²) < 4.78 is 43.2. The van der Waals surface area contributed by atoms with E-state index < -0.39 is 20.7 Å². The molecule has 0 saturated carbocycles. The Bertz CT molecular complexity index is 1060. The predicted molar refractivity (Wildman–Crippen MR) is 99.5 cm³/mol. The van der Waals surface area contributed by atoms with Gasteiger partial charge >= 0.3 is 0 Å². The highest BCUT2D eigenvalue weighted by Crippen LogP contribution is 2.24. The molecule has 1 aromatic heterocycles. The van der Waals surface area contributed by atoms with E-state index in [-0.39, 0.29) is 5.02 Å². The number of hydrogen-bond donors (Lipinski definition) is 1. The standard InChI is InChI=1S/C18H17ClFN3O2S/c1-12-9-13(2)23(21-12)11-14-5-3-6-15(10-14)22-26(24,25)17-8-4-7-16(19)18(17)20/h3-10,22H,11H2,1-2H3. The molecule has 0 saturated heterocycles. The highest BCUT2D eigenvalue weighted by molar-refractivity contribution is 7.92. The molecule has 0 unspecified atom stereocenters. The van der Waals surface area contributed by atoms with Crippen LogP contribution in [0.4, 0.5) is 10.1 Å². The Morgan fingerprint density at radius 2 is 1.88 bits per heavy atom. The first-order chi connectivity index (χ1) is 12.3. The molecule has 26 heavy (non-hydrogen) atoms. The highest BCUT2D eigenvalue weighted by Gasteiger charge is 2.21. The molecule has 2 aromatic carbocycles. The van der Waals surface area contributed by atoms with Gasteiger partial charge in [-0.05, 0) is 49.7 Å². The summed E-state index contributed by atoms with van der Waals surface area (Å²) in [5.41, 5.74) is 3.12. The van der Waals surface area contributed by atoms with Gasteiger partial charge in [-0.15, -0.1) is 0 Å². The van der Waals surface area contributed by atoms with Gasteiger partial charge in [-0.3, -0.25) is 9.40 Å². The van der Waals surface area contributed by atoms with E-state index in [1.165, 1.54) is 18.2 Å². The van der Waals surface area contributed by atoms with Crippen LogP contribution < -0.4 is 4.72 Å². The number of hydrogen-bond acceptors (Lipinski definition) is 3. The summed E-state index contributed by atoms with van der Waals surface area (Å²) >= 11 is 5.68. The van der Waals surface area contributed by atoms with Crippen molar-refractivity contribution in [2.45, 2.75) is 25.3 Å². The van der Waals surface area contributed by atoms with Crippen molar-refractivity contribution in [1.82, 2.24) is 9.78 Å². The van der Waals surface area contributed by atoms with Crippen molar-refractivity contribution in [3.63, 3.8) is 0 Å². The Hall–Kier alpha value is -2.38. The molecule has 3 rings (SSSR count). The minimum absolute atomic E-state index is 0.244. The van der Waals surface area contributed by atoms with Crippen LogP contribution in [0, 0.1) is 19.7 Å². The largest absolute Gasteiger partial charge is 0.280 e. The van der Waals surface area contributed by atoms with Crippen LogP contribution in [0.25, 0.3) is 0 Å². The summed E-state index contributed by atoms with van der Waals surface area (Å²) in [5.74, 6) is -0.972. The SMILES string of the molecule is Cc1cc(C)n(Cc2cccc(NS(=O)(=O)c3cccc(Cl)c3F)c2)n1. The van der Waals surface area contributed by atoms with Crippen LogP contribution >= 0.6 is 11.6 Å². The Morgan fingerprint density at radius 3 is 2.58 bits per heavy atom. The van der Waals surface area contributed by atoms with Gasteiger partial charge < -0.3 is 0 Å². The minimum Gasteiger partial charge on any atom is -0.280 e. The average Bonchev–Trinajstić information content (AvgIpc) is 2.87. The van der Waals surface area contributed by atoms with Crippen molar-refractivity contribution in [3.05, 3.63) is 76.3 Å². The van der Waals surface area contributed by atoms with Gasteiger partial charge in [0.15, 0.2) is 5.82 Å². The fourth-order valence-corrected chi connectivity index (χ4v) is 4.02. The summed E-state index contributed by atoms with van der Waals surface area (Å²) in [4.78, 5) is -0.492. The van der Waals surface area contributed by atoms with Crippen LogP contribution in [0.2, 0.25) is 5.02 Å². The van der Waals surface area contributed by atoms with E-state index in [9.17, 15) is 12.8 Å². The first kappa shape index (κ1) is 18.4. The first-order valence-electron chi connectivity index (χ1n) is 7.83. The monoisotopic (exact) mass is 393 g/mol. The van der Waals surface area contributed by atoms with Crippen LogP contribution in [0.15, 0.2) is 53.4 Å². The maximum absolute atomic E-state index is 14.1. The van der Waals surface area contributed by atoms with E-state index in [1.807, 2.05) is 30.7 Å². The molecule has 0 radical (unpaired) electrons. The Kier molecular flexibility index (Phi) is 5.02. The van der Waals surface area contributed by atoms with Gasteiger partial charge in [0.1, 0.15) is 4.90 Å². The smallest absolute Gasteiger partial charge is 0.264 e. The fraction of sp³-hybridized carbons (Fsp3) is 0.167. The van der Waals surface area contributed by atoms with Gasteiger partial charge in [-0.2, -0.15) is 5.10 Å². The number of aromatic nitrogens is 2. The average molecular weight is 394 g/mol. The summed E-state index contributed by atoms with van der Waals surface area (Å²) in [6.07, 6.45) is 0. The van der Waals surface area contributed by atoms with Crippen LogP contribution in [0.5, 0.6) is 0 Å². The molecule has 8 heteroatoms. The number of rotatable bonds is 5. The van der Waals surface area contributed by atoms with E-state index in [0.29, 0.717) is 12.2 Å². The Labute approximate surface area is 156 Å². The molecule has 0 spiro atoms. The van der Waals surface area contributed by atoms with Gasteiger partial charge in [-0.25, -0.2) is 12.8 Å². The molecule has 0 amide bonds. The fourth-order valence-electron chi connectivity index (χ4n) is 2.64. The summed E-state index contributed by atoms with van der Waals surface area (Å²) in [6.45, 7) is 4.36. The third kappa shape index (κ3) is 3.89. The van der Waals surface area contributed by atoms with Crippen molar-refractivity contribution in [2.24, 2.45) is 0 Å². The molecule has 1 N–H and O–H groups in total. The number of sulfonamides is 1. The lowest BCUT2D eigenvalue weighted by Gasteiger charge is -2.11. The molecule has 0 aliphatic rings. The molecule has 5 nitrogen and oxygen atoms in total. The zero-order valence-corrected chi connectivity index (χ0v) is 15.8.